The van der Waals surface area contributed by atoms with E-state index in [2.05, 4.69) is 35.7 Å². The second-order valence-electron chi connectivity index (χ2n) is 8.88. The molecule has 5 nitrogen and oxygen atoms in total. The molecule has 2 aliphatic rings. The number of hydrogen-bond acceptors (Lipinski definition) is 5. The number of anilines is 2. The number of likely N-dealkylation sites (tertiary alicyclic amines) is 1. The van der Waals surface area contributed by atoms with Crippen LogP contribution in [0.5, 0.6) is 0 Å². The molecule has 1 aliphatic heterocycles. The van der Waals surface area contributed by atoms with E-state index in [0.29, 0.717) is 5.92 Å². The first-order valence-corrected chi connectivity index (χ1v) is 11.4. The Hall–Kier alpha value is -2.83. The molecule has 2 fully saturated rings. The van der Waals surface area contributed by atoms with E-state index >= 15 is 4.39 Å². The van der Waals surface area contributed by atoms with Crippen LogP contribution < -0.4 is 21.5 Å². The summed E-state index contributed by atoms with van der Waals surface area (Å²) in [5.74, 6) is 6.39. The van der Waals surface area contributed by atoms with Crippen LogP contribution in [-0.2, 0) is 0 Å². The SMILES string of the molecule is C=CN(N)c1cccc(C(NC(=C)C2CCCN2C)c2ccc(C3CC3)c(F)c2)c1NC. The molecule has 4 N–H and O–H groups in total. The van der Waals surface area contributed by atoms with Gasteiger partial charge in [0, 0.05) is 30.5 Å². The second kappa shape index (κ2) is 9.35. The molecule has 0 spiro atoms. The van der Waals surface area contributed by atoms with Crippen molar-refractivity contribution in [2.75, 3.05) is 31.0 Å². The van der Waals surface area contributed by atoms with E-state index in [1.165, 1.54) is 5.01 Å². The van der Waals surface area contributed by atoms with Gasteiger partial charge in [-0.25, -0.2) is 10.2 Å². The predicted octanol–water partition coefficient (Wildman–Crippen LogP) is 4.86. The molecule has 1 aliphatic carbocycles. The topological polar surface area (TPSA) is 56.6 Å². The average molecular weight is 436 g/mol. The number of benzene rings is 2. The van der Waals surface area contributed by atoms with Crippen LogP contribution in [0.1, 0.15) is 54.3 Å². The molecule has 1 saturated heterocycles. The highest BCUT2D eigenvalue weighted by atomic mass is 19.1. The Labute approximate surface area is 190 Å². The summed E-state index contributed by atoms with van der Waals surface area (Å²) in [6.07, 6.45) is 5.93. The third kappa shape index (κ3) is 4.38. The van der Waals surface area contributed by atoms with Crippen molar-refractivity contribution in [3.63, 3.8) is 0 Å². The molecule has 2 aromatic carbocycles. The maximum atomic E-state index is 15.0. The highest BCUT2D eigenvalue weighted by Gasteiger charge is 2.30. The summed E-state index contributed by atoms with van der Waals surface area (Å²) < 4.78 is 15.0. The molecule has 6 heteroatoms. The molecule has 1 heterocycles. The van der Waals surface area contributed by atoms with Crippen molar-refractivity contribution in [3.05, 3.63) is 84.0 Å². The van der Waals surface area contributed by atoms with Gasteiger partial charge in [0.25, 0.3) is 0 Å². The Morgan fingerprint density at radius 3 is 2.66 bits per heavy atom. The number of nitrogens with two attached hydrogens (primary N) is 1. The van der Waals surface area contributed by atoms with Crippen LogP contribution in [-0.4, -0.2) is 31.6 Å². The summed E-state index contributed by atoms with van der Waals surface area (Å²) in [6.45, 7) is 9.21. The zero-order valence-electron chi connectivity index (χ0n) is 19.1. The molecule has 2 aromatic rings. The Kier molecular flexibility index (Phi) is 6.53. The lowest BCUT2D eigenvalue weighted by molar-refractivity contribution is 0.331. The van der Waals surface area contributed by atoms with E-state index in [9.17, 15) is 0 Å². The molecule has 32 heavy (non-hydrogen) atoms. The summed E-state index contributed by atoms with van der Waals surface area (Å²) >= 11 is 0. The van der Waals surface area contributed by atoms with E-state index in [4.69, 9.17) is 5.84 Å². The van der Waals surface area contributed by atoms with Crippen molar-refractivity contribution >= 4 is 11.4 Å². The van der Waals surface area contributed by atoms with Crippen LogP contribution in [0.15, 0.2) is 61.5 Å². The minimum Gasteiger partial charge on any atom is -0.386 e. The summed E-state index contributed by atoms with van der Waals surface area (Å²) in [6, 6.07) is 11.6. The Morgan fingerprint density at radius 2 is 2.06 bits per heavy atom. The van der Waals surface area contributed by atoms with Crippen LogP contribution in [0, 0.1) is 5.82 Å². The summed E-state index contributed by atoms with van der Waals surface area (Å²) in [5, 5.41) is 8.43. The average Bonchev–Trinajstić information content (AvgIpc) is 3.55. The zero-order chi connectivity index (χ0) is 22.8. The lowest BCUT2D eigenvalue weighted by atomic mass is 9.93. The van der Waals surface area contributed by atoms with Gasteiger partial charge in [0.2, 0.25) is 0 Å². The van der Waals surface area contributed by atoms with E-state index in [1.54, 1.807) is 12.3 Å². The standard InChI is InChI=1S/C26H34FN5/c1-5-32(28)24-9-6-8-21(26(24)29-3)25(30-17(2)23-10-7-15-31(23)4)19-13-14-20(18-11-12-18)22(27)16-19/h5-6,8-9,13-14,16,18,23,25,29-30H,1-2,7,10-12,15,28H2,3-4H3. The maximum Gasteiger partial charge on any atom is 0.127 e. The monoisotopic (exact) mass is 435 g/mol. The van der Waals surface area contributed by atoms with Crippen molar-refractivity contribution in [2.45, 2.75) is 43.7 Å². The molecular formula is C26H34FN5. The number of nitrogens with zero attached hydrogens (tertiary/aromatic N) is 2. The van der Waals surface area contributed by atoms with Crippen molar-refractivity contribution in [2.24, 2.45) is 5.84 Å². The van der Waals surface area contributed by atoms with Gasteiger partial charge in [-0.2, -0.15) is 0 Å². The number of halogens is 1. The molecule has 1 saturated carbocycles. The molecule has 2 atom stereocenters. The first-order valence-electron chi connectivity index (χ1n) is 11.4. The van der Waals surface area contributed by atoms with Gasteiger partial charge in [-0.05, 0) is 68.5 Å². The molecule has 0 amide bonds. The highest BCUT2D eigenvalue weighted by Crippen LogP contribution is 2.42. The lowest BCUT2D eigenvalue weighted by Crippen LogP contribution is -2.35. The van der Waals surface area contributed by atoms with Gasteiger partial charge in [0.05, 0.1) is 17.4 Å². The molecule has 4 rings (SSSR count). The predicted molar refractivity (Wildman–Crippen MR) is 131 cm³/mol. The fourth-order valence-electron chi connectivity index (χ4n) is 4.81. The minimum absolute atomic E-state index is 0.130. The van der Waals surface area contributed by atoms with Gasteiger partial charge in [-0.3, -0.25) is 9.91 Å². The summed E-state index contributed by atoms with van der Waals surface area (Å²) in [5.41, 5.74) is 5.27. The van der Waals surface area contributed by atoms with Crippen LogP contribution >= 0.6 is 0 Å². The van der Waals surface area contributed by atoms with Crippen molar-refractivity contribution in [1.82, 2.24) is 10.2 Å². The number of para-hydroxylation sites is 1. The van der Waals surface area contributed by atoms with Gasteiger partial charge >= 0.3 is 0 Å². The van der Waals surface area contributed by atoms with Crippen LogP contribution in [0.25, 0.3) is 0 Å². The van der Waals surface area contributed by atoms with Gasteiger partial charge in [-0.15, -0.1) is 0 Å². The van der Waals surface area contributed by atoms with E-state index < -0.39 is 0 Å². The van der Waals surface area contributed by atoms with Gasteiger partial charge < -0.3 is 10.6 Å². The summed E-state index contributed by atoms with van der Waals surface area (Å²) in [4.78, 5) is 2.32. The van der Waals surface area contributed by atoms with Gasteiger partial charge in [-0.1, -0.05) is 37.4 Å². The van der Waals surface area contributed by atoms with Crippen LogP contribution in [0.2, 0.25) is 0 Å². The van der Waals surface area contributed by atoms with E-state index in [-0.39, 0.29) is 17.9 Å². The van der Waals surface area contributed by atoms with Gasteiger partial charge in [0.1, 0.15) is 5.82 Å². The molecule has 0 aromatic heterocycles. The molecular weight excluding hydrogens is 401 g/mol. The smallest absolute Gasteiger partial charge is 0.127 e. The second-order valence-corrected chi connectivity index (χ2v) is 8.88. The molecule has 170 valence electrons. The van der Waals surface area contributed by atoms with Crippen molar-refractivity contribution in [3.8, 4) is 0 Å². The quantitative estimate of drug-likeness (QED) is 0.388. The lowest BCUT2D eigenvalue weighted by Gasteiger charge is -2.30. The van der Waals surface area contributed by atoms with E-state index in [1.807, 2.05) is 37.4 Å². The molecule has 2 unspecified atom stereocenters. The number of nitrogens with one attached hydrogen (secondary N) is 2. The first kappa shape index (κ1) is 22.4. The number of likely N-dealkylation sites (N-methyl/N-ethyl adjacent to an activating group) is 1. The normalized spacial score (nSPS) is 19.4. The van der Waals surface area contributed by atoms with Crippen molar-refractivity contribution < 1.29 is 4.39 Å². The third-order valence-corrected chi connectivity index (χ3v) is 6.74. The van der Waals surface area contributed by atoms with Crippen molar-refractivity contribution in [1.29, 1.82) is 0 Å². The largest absolute Gasteiger partial charge is 0.386 e. The zero-order valence-corrected chi connectivity index (χ0v) is 19.1. The Bertz CT molecular complexity index is 1000. The van der Waals surface area contributed by atoms with Crippen LogP contribution in [0.3, 0.4) is 0 Å². The molecule has 0 bridgehead atoms. The molecule has 0 radical (unpaired) electrons. The highest BCUT2D eigenvalue weighted by molar-refractivity contribution is 5.75. The number of hydrazine groups is 1. The first-order chi connectivity index (χ1) is 15.4. The number of rotatable bonds is 9. The van der Waals surface area contributed by atoms with Gasteiger partial charge in [0.15, 0.2) is 0 Å². The maximum absolute atomic E-state index is 15.0. The Morgan fingerprint density at radius 1 is 1.28 bits per heavy atom. The minimum atomic E-state index is -0.278. The van der Waals surface area contributed by atoms with E-state index in [0.717, 1.165) is 66.0 Å². The summed E-state index contributed by atoms with van der Waals surface area (Å²) in [7, 11) is 3.99. The Balaban J connectivity index is 1.76. The number of hydrogen-bond donors (Lipinski definition) is 3. The fourth-order valence-corrected chi connectivity index (χ4v) is 4.81. The fraction of sp³-hybridized carbons (Fsp3) is 0.385. The van der Waals surface area contributed by atoms with Crippen LogP contribution in [0.4, 0.5) is 15.8 Å². The third-order valence-electron chi connectivity index (χ3n) is 6.74.